The van der Waals surface area contributed by atoms with Crippen LogP contribution in [0, 0.1) is 0 Å². The third-order valence-electron chi connectivity index (χ3n) is 4.79. The molecule has 2 unspecified atom stereocenters. The van der Waals surface area contributed by atoms with Crippen LogP contribution in [0.3, 0.4) is 0 Å². The molecule has 2 rings (SSSR count). The molecule has 2 atom stereocenters. The van der Waals surface area contributed by atoms with Crippen LogP contribution >= 0.6 is 0 Å². The van der Waals surface area contributed by atoms with Crippen LogP contribution < -0.4 is 10.1 Å². The lowest BCUT2D eigenvalue weighted by Gasteiger charge is -2.37. The highest BCUT2D eigenvalue weighted by atomic mass is 16.5. The number of ether oxygens (including phenoxy) is 2. The largest absolute Gasteiger partial charge is 0.496 e. The minimum Gasteiger partial charge on any atom is -0.496 e. The summed E-state index contributed by atoms with van der Waals surface area (Å²) < 4.78 is 11.0. The van der Waals surface area contributed by atoms with Crippen molar-refractivity contribution in [3.8, 4) is 5.75 Å². The van der Waals surface area contributed by atoms with Crippen molar-refractivity contribution in [2.24, 2.45) is 4.99 Å². The van der Waals surface area contributed by atoms with Gasteiger partial charge in [0.25, 0.3) is 0 Å². The molecule has 0 amide bonds. The molecule has 0 radical (unpaired) electrons. The minimum atomic E-state index is 0.391. The lowest BCUT2D eigenvalue weighted by molar-refractivity contribution is -0.0166. The molecule has 1 aromatic rings. The van der Waals surface area contributed by atoms with E-state index in [0.717, 1.165) is 56.7 Å². The lowest BCUT2D eigenvalue weighted by Crippen LogP contribution is -2.49. The number of aliphatic imine (C=N–C) groups is 1. The Morgan fingerprint density at radius 1 is 1.46 bits per heavy atom. The van der Waals surface area contributed by atoms with Crippen molar-refractivity contribution in [2.45, 2.75) is 39.4 Å². The van der Waals surface area contributed by atoms with E-state index in [0.29, 0.717) is 12.1 Å². The van der Waals surface area contributed by atoms with Gasteiger partial charge in [0, 0.05) is 44.3 Å². The molecule has 1 N–H and O–H groups in total. The molecule has 1 aliphatic rings. The van der Waals surface area contributed by atoms with Gasteiger partial charge in [-0.3, -0.25) is 9.89 Å². The van der Waals surface area contributed by atoms with Crippen molar-refractivity contribution in [1.82, 2.24) is 15.1 Å². The van der Waals surface area contributed by atoms with Crippen LogP contribution in [0.1, 0.15) is 26.3 Å². The second-order valence-corrected chi connectivity index (χ2v) is 6.87. The summed E-state index contributed by atoms with van der Waals surface area (Å²) in [6.07, 6.45) is 0. The van der Waals surface area contributed by atoms with E-state index in [9.17, 15) is 0 Å². The molecule has 0 spiro atoms. The van der Waals surface area contributed by atoms with E-state index in [4.69, 9.17) is 14.5 Å². The van der Waals surface area contributed by atoms with Crippen LogP contribution in [0.5, 0.6) is 5.75 Å². The van der Waals surface area contributed by atoms with Crippen molar-refractivity contribution in [3.05, 3.63) is 29.8 Å². The van der Waals surface area contributed by atoms with Gasteiger partial charge in [0.2, 0.25) is 0 Å². The maximum Gasteiger partial charge on any atom is 0.194 e. The molecule has 1 aromatic carbocycles. The highest BCUT2D eigenvalue weighted by molar-refractivity contribution is 5.79. The molecule has 0 aromatic heterocycles. The number of guanidine groups is 1. The number of hydrogen-bond donors (Lipinski definition) is 1. The maximum atomic E-state index is 5.54. The first-order valence-corrected chi connectivity index (χ1v) is 9.51. The summed E-state index contributed by atoms with van der Waals surface area (Å²) in [6, 6.07) is 8.96. The van der Waals surface area contributed by atoms with Gasteiger partial charge in [-0.1, -0.05) is 18.2 Å². The summed E-state index contributed by atoms with van der Waals surface area (Å²) in [5, 5.41) is 3.40. The normalized spacial score (nSPS) is 19.9. The van der Waals surface area contributed by atoms with E-state index < -0.39 is 0 Å². The average Bonchev–Trinajstić information content (AvgIpc) is 2.65. The zero-order chi connectivity index (χ0) is 18.9. The summed E-state index contributed by atoms with van der Waals surface area (Å²) >= 11 is 0. The zero-order valence-electron chi connectivity index (χ0n) is 16.9. The number of hydrogen-bond acceptors (Lipinski definition) is 4. The van der Waals surface area contributed by atoms with Crippen molar-refractivity contribution >= 4 is 5.96 Å². The SMILES string of the molecule is CCNC(=NCC(C)N1CCOCC1C)N(C)Cc1ccccc1OC. The first-order chi connectivity index (χ1) is 12.6. The number of morpholine rings is 1. The Bertz CT molecular complexity index is 579. The number of rotatable bonds is 7. The Balaban J connectivity index is 2.02. The average molecular weight is 363 g/mol. The van der Waals surface area contributed by atoms with E-state index in [-0.39, 0.29) is 0 Å². The topological polar surface area (TPSA) is 49.3 Å². The molecule has 0 aliphatic carbocycles. The van der Waals surface area contributed by atoms with Crippen molar-refractivity contribution in [2.75, 3.05) is 47.0 Å². The van der Waals surface area contributed by atoms with Crippen LogP contribution in [0.2, 0.25) is 0 Å². The molecule has 0 bridgehead atoms. The fourth-order valence-corrected chi connectivity index (χ4v) is 3.35. The van der Waals surface area contributed by atoms with Crippen molar-refractivity contribution in [1.29, 1.82) is 0 Å². The van der Waals surface area contributed by atoms with Gasteiger partial charge in [-0.25, -0.2) is 0 Å². The number of benzene rings is 1. The second kappa shape index (κ2) is 10.4. The van der Waals surface area contributed by atoms with Crippen LogP contribution in [0.4, 0.5) is 0 Å². The smallest absolute Gasteiger partial charge is 0.194 e. The summed E-state index contributed by atoms with van der Waals surface area (Å²) in [4.78, 5) is 9.52. The number of nitrogens with zero attached hydrogens (tertiary/aromatic N) is 3. The molecule has 26 heavy (non-hydrogen) atoms. The number of para-hydroxylation sites is 1. The van der Waals surface area contributed by atoms with Crippen LogP contribution in [-0.2, 0) is 11.3 Å². The Kier molecular flexibility index (Phi) is 8.19. The molecule has 1 saturated heterocycles. The van der Waals surface area contributed by atoms with Crippen molar-refractivity contribution in [3.63, 3.8) is 0 Å². The summed E-state index contributed by atoms with van der Waals surface area (Å²) in [6.45, 7) is 11.5. The number of methoxy groups -OCH3 is 1. The van der Waals surface area contributed by atoms with E-state index in [2.05, 4.69) is 49.0 Å². The molecule has 0 saturated carbocycles. The Labute approximate surface area is 158 Å². The Hall–Kier alpha value is -1.79. The summed E-state index contributed by atoms with van der Waals surface area (Å²) in [5.74, 6) is 1.83. The standard InChI is InChI=1S/C20H34N4O2/c1-6-21-20(22-13-16(2)24-11-12-26-15-17(24)3)23(4)14-18-9-7-8-10-19(18)25-5/h7-10,16-17H,6,11-15H2,1-5H3,(H,21,22). The van der Waals surface area contributed by atoms with Gasteiger partial charge in [-0.15, -0.1) is 0 Å². The highest BCUT2D eigenvalue weighted by Crippen LogP contribution is 2.19. The first-order valence-electron chi connectivity index (χ1n) is 9.51. The quantitative estimate of drug-likeness (QED) is 0.595. The fourth-order valence-electron chi connectivity index (χ4n) is 3.35. The van der Waals surface area contributed by atoms with E-state index in [1.165, 1.54) is 0 Å². The summed E-state index contributed by atoms with van der Waals surface area (Å²) in [7, 11) is 3.78. The Morgan fingerprint density at radius 2 is 2.23 bits per heavy atom. The van der Waals surface area contributed by atoms with Gasteiger partial charge in [-0.05, 0) is 26.8 Å². The molecule has 6 nitrogen and oxygen atoms in total. The molecular weight excluding hydrogens is 328 g/mol. The molecule has 146 valence electrons. The van der Waals surface area contributed by atoms with Gasteiger partial charge < -0.3 is 19.7 Å². The van der Waals surface area contributed by atoms with E-state index in [1.807, 2.05) is 18.2 Å². The van der Waals surface area contributed by atoms with E-state index >= 15 is 0 Å². The number of nitrogens with one attached hydrogen (secondary N) is 1. The monoisotopic (exact) mass is 362 g/mol. The summed E-state index contributed by atoms with van der Waals surface area (Å²) in [5.41, 5.74) is 1.15. The van der Waals surface area contributed by atoms with Gasteiger partial charge >= 0.3 is 0 Å². The van der Waals surface area contributed by atoms with Gasteiger partial charge in [0.1, 0.15) is 5.75 Å². The predicted molar refractivity (Wildman–Crippen MR) is 107 cm³/mol. The third-order valence-corrected chi connectivity index (χ3v) is 4.79. The third kappa shape index (κ3) is 5.61. The van der Waals surface area contributed by atoms with Gasteiger partial charge in [0.15, 0.2) is 5.96 Å². The van der Waals surface area contributed by atoms with Crippen LogP contribution in [-0.4, -0.2) is 74.8 Å². The van der Waals surface area contributed by atoms with Crippen LogP contribution in [0.25, 0.3) is 0 Å². The molecule has 1 heterocycles. The predicted octanol–water partition coefficient (Wildman–Crippen LogP) is 2.20. The van der Waals surface area contributed by atoms with Crippen LogP contribution in [0.15, 0.2) is 29.3 Å². The molecule has 1 fully saturated rings. The minimum absolute atomic E-state index is 0.391. The van der Waals surface area contributed by atoms with Crippen molar-refractivity contribution < 1.29 is 9.47 Å². The molecular formula is C20H34N4O2. The maximum absolute atomic E-state index is 5.54. The fraction of sp³-hybridized carbons (Fsp3) is 0.650. The zero-order valence-corrected chi connectivity index (χ0v) is 16.9. The van der Waals surface area contributed by atoms with Gasteiger partial charge in [-0.2, -0.15) is 0 Å². The highest BCUT2D eigenvalue weighted by Gasteiger charge is 2.23. The van der Waals surface area contributed by atoms with E-state index in [1.54, 1.807) is 7.11 Å². The van der Waals surface area contributed by atoms with Gasteiger partial charge in [0.05, 0.1) is 26.9 Å². The Morgan fingerprint density at radius 3 is 2.92 bits per heavy atom. The molecule has 1 aliphatic heterocycles. The first kappa shape index (κ1) is 20.5. The lowest BCUT2D eigenvalue weighted by atomic mass is 10.2. The second-order valence-electron chi connectivity index (χ2n) is 6.87. The molecule has 6 heteroatoms.